The number of halogens is 3. The van der Waals surface area contributed by atoms with Gasteiger partial charge in [0.05, 0.1) is 12.2 Å². The molecule has 1 N–H and O–H groups in total. The molecule has 0 fully saturated rings. The van der Waals surface area contributed by atoms with Gasteiger partial charge in [0.25, 0.3) is 0 Å². The summed E-state index contributed by atoms with van der Waals surface area (Å²) in [4.78, 5) is 3.79. The van der Waals surface area contributed by atoms with Crippen LogP contribution in [0.5, 0.6) is 0 Å². The van der Waals surface area contributed by atoms with Gasteiger partial charge in [-0.05, 0) is 36.4 Å². The largest absolute Gasteiger partial charge is 0.309 e. The van der Waals surface area contributed by atoms with E-state index in [1.165, 1.54) is 18.2 Å². The summed E-state index contributed by atoms with van der Waals surface area (Å²) < 4.78 is 26.2. The second-order valence-electron chi connectivity index (χ2n) is 3.82. The molecule has 1 atom stereocenters. The zero-order valence-corrected chi connectivity index (χ0v) is 10.4. The highest BCUT2D eigenvalue weighted by Crippen LogP contribution is 2.28. The second kappa shape index (κ2) is 5.42. The van der Waals surface area contributed by atoms with Gasteiger partial charge >= 0.3 is 0 Å². The number of nitrogens with one attached hydrogen (secondary N) is 1. The van der Waals surface area contributed by atoms with Crippen molar-refractivity contribution in [3.8, 4) is 0 Å². The van der Waals surface area contributed by atoms with Crippen LogP contribution in [0.15, 0.2) is 36.7 Å². The third-order valence-corrected chi connectivity index (χ3v) is 2.95. The summed E-state index contributed by atoms with van der Waals surface area (Å²) in [5.41, 5.74) is 1.30. The Bertz CT molecular complexity index is 560. The van der Waals surface area contributed by atoms with Crippen LogP contribution in [0.4, 0.5) is 8.78 Å². The van der Waals surface area contributed by atoms with Crippen molar-refractivity contribution < 1.29 is 8.78 Å². The minimum Gasteiger partial charge on any atom is -0.309 e. The minimum atomic E-state index is -0.425. The molecule has 0 saturated heterocycles. The maximum absolute atomic E-state index is 13.2. The first-order chi connectivity index (χ1) is 8.61. The summed E-state index contributed by atoms with van der Waals surface area (Å²) in [6.45, 7) is 0. The highest BCUT2D eigenvalue weighted by atomic mass is 35.5. The number of aromatic nitrogens is 1. The molecule has 1 aromatic heterocycles. The maximum Gasteiger partial charge on any atom is 0.141 e. The minimum absolute atomic E-state index is 0.290. The Hall–Kier alpha value is -1.52. The average Bonchev–Trinajstić information content (AvgIpc) is 2.33. The van der Waals surface area contributed by atoms with Gasteiger partial charge in [-0.2, -0.15) is 0 Å². The Morgan fingerprint density at radius 2 is 1.94 bits per heavy atom. The van der Waals surface area contributed by atoms with Crippen LogP contribution in [0, 0.1) is 11.6 Å². The first kappa shape index (κ1) is 12.9. The van der Waals surface area contributed by atoms with Gasteiger partial charge in [-0.1, -0.05) is 17.7 Å². The van der Waals surface area contributed by atoms with Gasteiger partial charge in [0.2, 0.25) is 0 Å². The summed E-state index contributed by atoms with van der Waals surface area (Å²) in [7, 11) is 1.72. The molecule has 2 aromatic rings. The van der Waals surface area contributed by atoms with Gasteiger partial charge in [-0.3, -0.25) is 4.98 Å². The van der Waals surface area contributed by atoms with Gasteiger partial charge in [0.1, 0.15) is 11.6 Å². The van der Waals surface area contributed by atoms with Crippen molar-refractivity contribution in [1.82, 2.24) is 10.3 Å². The van der Waals surface area contributed by atoms with E-state index in [9.17, 15) is 8.78 Å². The van der Waals surface area contributed by atoms with E-state index < -0.39 is 11.6 Å². The predicted molar refractivity (Wildman–Crippen MR) is 66.5 cm³/mol. The van der Waals surface area contributed by atoms with Gasteiger partial charge < -0.3 is 5.32 Å². The van der Waals surface area contributed by atoms with Crippen molar-refractivity contribution in [2.24, 2.45) is 0 Å². The zero-order valence-electron chi connectivity index (χ0n) is 9.62. The quantitative estimate of drug-likeness (QED) is 0.924. The summed E-state index contributed by atoms with van der Waals surface area (Å²) in [5.74, 6) is -0.832. The van der Waals surface area contributed by atoms with Crippen LogP contribution in [0.25, 0.3) is 0 Å². The Balaban J connectivity index is 2.45. The van der Waals surface area contributed by atoms with Crippen molar-refractivity contribution in [3.63, 3.8) is 0 Å². The fourth-order valence-corrected chi connectivity index (χ4v) is 2.10. The molecule has 2 nitrogen and oxygen atoms in total. The van der Waals surface area contributed by atoms with Crippen molar-refractivity contribution in [1.29, 1.82) is 0 Å². The van der Waals surface area contributed by atoms with Gasteiger partial charge in [-0.25, -0.2) is 8.78 Å². The maximum atomic E-state index is 13.2. The average molecular weight is 269 g/mol. The molecule has 5 heteroatoms. The fraction of sp³-hybridized carbons (Fsp3) is 0.154. The lowest BCUT2D eigenvalue weighted by Crippen LogP contribution is -2.18. The summed E-state index contributed by atoms with van der Waals surface area (Å²) >= 11 is 6.00. The molecule has 0 spiro atoms. The van der Waals surface area contributed by atoms with E-state index in [0.29, 0.717) is 16.1 Å². The number of pyridine rings is 1. The Morgan fingerprint density at radius 1 is 1.17 bits per heavy atom. The number of benzene rings is 1. The van der Waals surface area contributed by atoms with Crippen LogP contribution in [0.2, 0.25) is 5.02 Å². The first-order valence-electron chi connectivity index (χ1n) is 5.34. The zero-order chi connectivity index (χ0) is 13.1. The van der Waals surface area contributed by atoms with E-state index in [0.717, 1.165) is 6.20 Å². The van der Waals surface area contributed by atoms with Crippen molar-refractivity contribution >= 4 is 11.6 Å². The molecule has 94 valence electrons. The van der Waals surface area contributed by atoms with E-state index in [1.807, 2.05) is 0 Å². The van der Waals surface area contributed by atoms with E-state index in [4.69, 9.17) is 11.6 Å². The fourth-order valence-electron chi connectivity index (χ4n) is 1.82. The standard InChI is InChI=1S/C13H11ClF2N2/c1-17-13(8-4-10(16)7-18-6-8)11-3-2-9(15)5-12(11)14/h2-7,13,17H,1H3. The van der Waals surface area contributed by atoms with E-state index in [1.54, 1.807) is 19.3 Å². The molecule has 1 heterocycles. The van der Waals surface area contributed by atoms with E-state index >= 15 is 0 Å². The summed E-state index contributed by atoms with van der Waals surface area (Å²) in [6.07, 6.45) is 2.67. The Kier molecular flexibility index (Phi) is 3.89. The molecule has 1 unspecified atom stereocenters. The normalized spacial score (nSPS) is 12.4. The number of nitrogens with zero attached hydrogens (tertiary/aromatic N) is 1. The lowest BCUT2D eigenvalue weighted by atomic mass is 10.0. The van der Waals surface area contributed by atoms with Crippen molar-refractivity contribution in [2.45, 2.75) is 6.04 Å². The van der Waals surface area contributed by atoms with E-state index in [-0.39, 0.29) is 6.04 Å². The molecule has 0 saturated carbocycles. The highest BCUT2D eigenvalue weighted by Gasteiger charge is 2.16. The first-order valence-corrected chi connectivity index (χ1v) is 5.72. The van der Waals surface area contributed by atoms with Crippen LogP contribution in [0.3, 0.4) is 0 Å². The van der Waals surface area contributed by atoms with Gasteiger partial charge in [0.15, 0.2) is 0 Å². The van der Waals surface area contributed by atoms with Crippen LogP contribution >= 0.6 is 11.6 Å². The topological polar surface area (TPSA) is 24.9 Å². The molecule has 18 heavy (non-hydrogen) atoms. The van der Waals surface area contributed by atoms with Crippen LogP contribution in [-0.2, 0) is 0 Å². The molecule has 2 rings (SSSR count). The molecule has 0 aliphatic heterocycles. The predicted octanol–water partition coefficient (Wildman–Crippen LogP) is 3.32. The number of hydrogen-bond donors (Lipinski definition) is 1. The number of hydrogen-bond acceptors (Lipinski definition) is 2. The Labute approximate surface area is 109 Å². The molecule has 0 amide bonds. The summed E-state index contributed by atoms with van der Waals surface area (Å²) in [5, 5.41) is 3.30. The van der Waals surface area contributed by atoms with Gasteiger partial charge in [0, 0.05) is 11.2 Å². The molecule has 1 aromatic carbocycles. The smallest absolute Gasteiger partial charge is 0.141 e. The van der Waals surface area contributed by atoms with Crippen LogP contribution < -0.4 is 5.32 Å². The molecule has 0 radical (unpaired) electrons. The number of rotatable bonds is 3. The SMILES string of the molecule is CNC(c1cncc(F)c1)c1ccc(F)cc1Cl. The molecule has 0 aliphatic carbocycles. The second-order valence-corrected chi connectivity index (χ2v) is 4.23. The van der Waals surface area contributed by atoms with E-state index in [2.05, 4.69) is 10.3 Å². The third kappa shape index (κ3) is 2.66. The monoisotopic (exact) mass is 268 g/mol. The molecule has 0 aliphatic rings. The lowest BCUT2D eigenvalue weighted by Gasteiger charge is -2.18. The highest BCUT2D eigenvalue weighted by molar-refractivity contribution is 6.31. The Morgan fingerprint density at radius 3 is 2.56 bits per heavy atom. The van der Waals surface area contributed by atoms with Gasteiger partial charge in [-0.15, -0.1) is 0 Å². The molecular weight excluding hydrogens is 258 g/mol. The van der Waals surface area contributed by atoms with Crippen molar-refractivity contribution in [2.75, 3.05) is 7.05 Å². The third-order valence-electron chi connectivity index (χ3n) is 2.62. The summed E-state index contributed by atoms with van der Waals surface area (Å²) in [6, 6.07) is 5.16. The van der Waals surface area contributed by atoms with Crippen molar-refractivity contribution in [3.05, 3.63) is 64.4 Å². The molecule has 0 bridgehead atoms. The van der Waals surface area contributed by atoms with Crippen LogP contribution in [-0.4, -0.2) is 12.0 Å². The lowest BCUT2D eigenvalue weighted by molar-refractivity contribution is 0.606. The molecular formula is C13H11ClF2N2. The van der Waals surface area contributed by atoms with Crippen LogP contribution in [0.1, 0.15) is 17.2 Å².